The van der Waals surface area contributed by atoms with Crippen molar-refractivity contribution < 1.29 is 0 Å². The van der Waals surface area contributed by atoms with Gasteiger partial charge in [0.2, 0.25) is 0 Å². The largest absolute Gasteiger partial charge is 0.383 e. The van der Waals surface area contributed by atoms with Gasteiger partial charge in [-0.05, 0) is 12.1 Å². The SMILES string of the molecule is C[Si](C)(C)C#Cc1cc(-c2cccnc2)c(-c2ccccc2)nc1N. The van der Waals surface area contributed by atoms with E-state index in [1.165, 1.54) is 0 Å². The fourth-order valence-corrected chi connectivity index (χ4v) is 2.95. The summed E-state index contributed by atoms with van der Waals surface area (Å²) in [5.41, 5.74) is 14.2. The summed E-state index contributed by atoms with van der Waals surface area (Å²) in [6, 6.07) is 16.1. The highest BCUT2D eigenvalue weighted by molar-refractivity contribution is 6.83. The molecule has 0 radical (unpaired) electrons. The van der Waals surface area contributed by atoms with Crippen LogP contribution < -0.4 is 5.73 Å². The molecule has 0 aliphatic heterocycles. The fraction of sp³-hybridized carbons (Fsp3) is 0.143. The summed E-state index contributed by atoms with van der Waals surface area (Å²) in [5.74, 6) is 3.72. The third kappa shape index (κ3) is 4.14. The van der Waals surface area contributed by atoms with Gasteiger partial charge in [-0.25, -0.2) is 4.98 Å². The van der Waals surface area contributed by atoms with Crippen LogP contribution in [0.1, 0.15) is 5.56 Å². The Morgan fingerprint density at radius 1 is 0.960 bits per heavy atom. The molecule has 2 heterocycles. The van der Waals surface area contributed by atoms with Gasteiger partial charge >= 0.3 is 0 Å². The summed E-state index contributed by atoms with van der Waals surface area (Å²) in [6.45, 7) is 6.64. The lowest BCUT2D eigenvalue weighted by Gasteiger charge is -2.12. The quantitative estimate of drug-likeness (QED) is 0.545. The Balaban J connectivity index is 2.22. The van der Waals surface area contributed by atoms with E-state index in [1.807, 2.05) is 54.7 Å². The van der Waals surface area contributed by atoms with E-state index < -0.39 is 8.07 Å². The van der Waals surface area contributed by atoms with Crippen molar-refractivity contribution >= 4 is 13.9 Å². The van der Waals surface area contributed by atoms with Crippen LogP contribution in [0.15, 0.2) is 60.9 Å². The van der Waals surface area contributed by atoms with Crippen LogP contribution in [-0.4, -0.2) is 18.0 Å². The second kappa shape index (κ2) is 6.92. The van der Waals surface area contributed by atoms with Gasteiger partial charge in [-0.3, -0.25) is 4.98 Å². The number of nitrogens with two attached hydrogens (primary N) is 1. The number of hydrogen-bond donors (Lipinski definition) is 1. The first-order valence-corrected chi connectivity index (χ1v) is 11.7. The number of nitrogen functional groups attached to an aromatic ring is 1. The second-order valence-electron chi connectivity index (χ2n) is 6.93. The predicted molar refractivity (Wildman–Crippen MR) is 108 cm³/mol. The molecular formula is C21H21N3Si. The highest BCUT2D eigenvalue weighted by Crippen LogP contribution is 2.32. The topological polar surface area (TPSA) is 51.8 Å². The van der Waals surface area contributed by atoms with Crippen LogP contribution in [0.2, 0.25) is 19.6 Å². The molecule has 2 N–H and O–H groups in total. The minimum Gasteiger partial charge on any atom is -0.383 e. The van der Waals surface area contributed by atoms with Crippen molar-refractivity contribution in [2.75, 3.05) is 5.73 Å². The molecule has 0 spiro atoms. The molecule has 3 aromatic rings. The zero-order valence-corrected chi connectivity index (χ0v) is 15.7. The van der Waals surface area contributed by atoms with Gasteiger partial charge in [0, 0.05) is 29.1 Å². The lowest BCUT2D eigenvalue weighted by Crippen LogP contribution is -2.16. The van der Waals surface area contributed by atoms with E-state index in [2.05, 4.69) is 41.1 Å². The first-order chi connectivity index (χ1) is 11.9. The molecule has 0 bridgehead atoms. The van der Waals surface area contributed by atoms with Gasteiger partial charge < -0.3 is 5.73 Å². The van der Waals surface area contributed by atoms with E-state index in [0.29, 0.717) is 5.82 Å². The Hall–Kier alpha value is -2.90. The van der Waals surface area contributed by atoms with Crippen molar-refractivity contribution in [2.45, 2.75) is 19.6 Å². The third-order valence-corrected chi connectivity index (χ3v) is 4.52. The molecule has 124 valence electrons. The van der Waals surface area contributed by atoms with Crippen LogP contribution in [0, 0.1) is 11.5 Å². The van der Waals surface area contributed by atoms with Gasteiger partial charge in [0.25, 0.3) is 0 Å². The van der Waals surface area contributed by atoms with Gasteiger partial charge in [-0.1, -0.05) is 62.0 Å². The molecule has 0 fully saturated rings. The lowest BCUT2D eigenvalue weighted by molar-refractivity contribution is 1.29. The van der Waals surface area contributed by atoms with Crippen molar-refractivity contribution in [2.24, 2.45) is 0 Å². The van der Waals surface area contributed by atoms with E-state index in [-0.39, 0.29) is 0 Å². The monoisotopic (exact) mass is 343 g/mol. The number of anilines is 1. The van der Waals surface area contributed by atoms with E-state index >= 15 is 0 Å². The van der Waals surface area contributed by atoms with Gasteiger partial charge in [-0.2, -0.15) is 0 Å². The summed E-state index contributed by atoms with van der Waals surface area (Å²) in [4.78, 5) is 8.93. The minimum atomic E-state index is -1.49. The van der Waals surface area contributed by atoms with Crippen LogP contribution in [0.25, 0.3) is 22.4 Å². The normalized spacial score (nSPS) is 10.8. The molecular weight excluding hydrogens is 322 g/mol. The Bertz CT molecular complexity index is 934. The van der Waals surface area contributed by atoms with E-state index in [1.54, 1.807) is 6.20 Å². The van der Waals surface area contributed by atoms with E-state index in [4.69, 9.17) is 5.73 Å². The molecule has 0 amide bonds. The summed E-state index contributed by atoms with van der Waals surface area (Å²) < 4.78 is 0. The highest BCUT2D eigenvalue weighted by atomic mass is 28.3. The number of nitrogens with zero attached hydrogens (tertiary/aromatic N) is 2. The Kier molecular flexibility index (Phi) is 4.69. The number of pyridine rings is 2. The van der Waals surface area contributed by atoms with Crippen LogP contribution >= 0.6 is 0 Å². The van der Waals surface area contributed by atoms with E-state index in [9.17, 15) is 0 Å². The van der Waals surface area contributed by atoms with Crippen molar-refractivity contribution in [1.29, 1.82) is 0 Å². The zero-order valence-electron chi connectivity index (χ0n) is 14.7. The third-order valence-electron chi connectivity index (χ3n) is 3.64. The number of rotatable bonds is 2. The van der Waals surface area contributed by atoms with Crippen molar-refractivity contribution in [1.82, 2.24) is 9.97 Å². The lowest BCUT2D eigenvalue weighted by atomic mass is 9.99. The summed E-state index contributed by atoms with van der Waals surface area (Å²) in [7, 11) is -1.49. The number of hydrogen-bond acceptors (Lipinski definition) is 3. The smallest absolute Gasteiger partial charge is 0.139 e. The number of benzene rings is 1. The molecule has 25 heavy (non-hydrogen) atoms. The molecule has 0 saturated carbocycles. The predicted octanol–water partition coefficient (Wildman–Crippen LogP) is 4.62. The van der Waals surface area contributed by atoms with Crippen LogP contribution in [-0.2, 0) is 0 Å². The maximum atomic E-state index is 6.22. The molecule has 3 nitrogen and oxygen atoms in total. The maximum Gasteiger partial charge on any atom is 0.139 e. The minimum absolute atomic E-state index is 0.470. The standard InChI is InChI=1S/C21H21N3Si/c1-25(2,3)13-11-17-14-19(18-10-7-12-23-15-18)20(24-21(17)22)16-8-5-4-6-9-16/h4-10,12,14-15H,1-3H3,(H2,22,24). The van der Waals surface area contributed by atoms with Crippen molar-refractivity contribution in [3.63, 3.8) is 0 Å². The van der Waals surface area contributed by atoms with Gasteiger partial charge in [-0.15, -0.1) is 5.54 Å². The first kappa shape index (κ1) is 16.9. The molecule has 0 unspecified atom stereocenters. The van der Waals surface area contributed by atoms with Crippen molar-refractivity contribution in [3.05, 3.63) is 66.5 Å². The molecule has 1 aromatic carbocycles. The first-order valence-electron chi connectivity index (χ1n) is 8.23. The average molecular weight is 344 g/mol. The summed E-state index contributed by atoms with van der Waals surface area (Å²) in [5, 5.41) is 0. The number of aromatic nitrogens is 2. The molecule has 4 heteroatoms. The molecule has 0 saturated heterocycles. The van der Waals surface area contributed by atoms with Crippen LogP contribution in [0.5, 0.6) is 0 Å². The maximum absolute atomic E-state index is 6.22. The molecule has 0 aliphatic carbocycles. The summed E-state index contributed by atoms with van der Waals surface area (Å²) in [6.07, 6.45) is 3.61. The highest BCUT2D eigenvalue weighted by Gasteiger charge is 2.14. The van der Waals surface area contributed by atoms with Gasteiger partial charge in [0.1, 0.15) is 13.9 Å². The van der Waals surface area contributed by atoms with Crippen molar-refractivity contribution in [3.8, 4) is 33.8 Å². The Morgan fingerprint density at radius 3 is 2.32 bits per heavy atom. The second-order valence-corrected chi connectivity index (χ2v) is 11.7. The Labute approximate surface area is 150 Å². The van der Waals surface area contributed by atoms with Crippen LogP contribution in [0.3, 0.4) is 0 Å². The Morgan fingerprint density at radius 2 is 1.68 bits per heavy atom. The molecule has 0 aliphatic rings. The zero-order chi connectivity index (χ0) is 17.9. The summed E-state index contributed by atoms with van der Waals surface area (Å²) >= 11 is 0. The molecule has 2 aromatic heterocycles. The fourth-order valence-electron chi connectivity index (χ4n) is 2.44. The van der Waals surface area contributed by atoms with Gasteiger partial charge in [0.05, 0.1) is 11.3 Å². The van der Waals surface area contributed by atoms with Gasteiger partial charge in [0.15, 0.2) is 0 Å². The molecule has 3 rings (SSSR count). The van der Waals surface area contributed by atoms with E-state index in [0.717, 1.165) is 27.9 Å². The average Bonchev–Trinajstić information content (AvgIpc) is 2.61. The molecule has 0 atom stereocenters. The van der Waals surface area contributed by atoms with Crippen LogP contribution in [0.4, 0.5) is 5.82 Å².